The number of methoxy groups -OCH3 is 1. The Morgan fingerprint density at radius 1 is 1.09 bits per heavy atom. The number of aliphatic imine (C=N–C) groups is 1. The van der Waals surface area contributed by atoms with Gasteiger partial charge in [-0.2, -0.15) is 0 Å². The molecule has 4 rings (SSSR count). The number of aromatic hydroxyl groups is 1. The van der Waals surface area contributed by atoms with E-state index >= 15 is 0 Å². The maximum absolute atomic E-state index is 13.8. The van der Waals surface area contributed by atoms with Crippen LogP contribution in [0.15, 0.2) is 77.8 Å². The molecule has 0 radical (unpaired) electrons. The van der Waals surface area contributed by atoms with Crippen molar-refractivity contribution in [1.29, 1.82) is 0 Å². The quantitative estimate of drug-likeness (QED) is 0.214. The molecule has 0 aliphatic rings. The number of carbonyl (C=O) groups is 1. The van der Waals surface area contributed by atoms with Crippen molar-refractivity contribution in [3.63, 3.8) is 0 Å². The summed E-state index contributed by atoms with van der Waals surface area (Å²) in [7, 11) is 5.35. The first-order valence-corrected chi connectivity index (χ1v) is 11.0. The van der Waals surface area contributed by atoms with Crippen molar-refractivity contribution < 1.29 is 19.0 Å². The first kappa shape index (κ1) is 23.9. The second-order valence-electron chi connectivity index (χ2n) is 8.38. The topological polar surface area (TPSA) is 77.9 Å². The summed E-state index contributed by atoms with van der Waals surface area (Å²) in [4.78, 5) is 21.2. The third-order valence-electron chi connectivity index (χ3n) is 5.45. The Kier molecular flexibility index (Phi) is 7.08. The number of rotatable bonds is 7. The minimum Gasteiger partial charge on any atom is -0.494 e. The number of aromatic amines is 1. The third kappa shape index (κ3) is 5.65. The Hall–Kier alpha value is -4.23. The lowest BCUT2D eigenvalue weighted by Crippen LogP contribution is -2.10. The fourth-order valence-electron chi connectivity index (χ4n) is 3.81. The number of H-pyrrole nitrogens is 1. The number of benzene rings is 3. The molecule has 0 aliphatic heterocycles. The van der Waals surface area contributed by atoms with Crippen LogP contribution in [-0.4, -0.2) is 47.9 Å². The SMILES string of the molecule is COC(=O)C=Cc1ccc(C(=Nc2ccc(CN(C)C)cc2)c2c(O)[nH]c3cc(F)ccc23)cc1. The zero-order valence-corrected chi connectivity index (χ0v) is 19.7. The van der Waals surface area contributed by atoms with Gasteiger partial charge in [-0.15, -0.1) is 0 Å². The van der Waals surface area contributed by atoms with E-state index in [4.69, 9.17) is 4.99 Å². The maximum Gasteiger partial charge on any atom is 0.330 e. The molecule has 0 saturated heterocycles. The average molecular weight is 472 g/mol. The smallest absolute Gasteiger partial charge is 0.330 e. The number of nitrogens with one attached hydrogen (secondary N) is 1. The molecule has 0 amide bonds. The summed E-state index contributed by atoms with van der Waals surface area (Å²) in [5, 5.41) is 11.4. The molecule has 6 nitrogen and oxygen atoms in total. The predicted octanol–water partition coefficient (Wildman–Crippen LogP) is 5.43. The highest BCUT2D eigenvalue weighted by molar-refractivity contribution is 6.21. The fourth-order valence-corrected chi connectivity index (χ4v) is 3.81. The van der Waals surface area contributed by atoms with Crippen molar-refractivity contribution in [1.82, 2.24) is 9.88 Å². The second kappa shape index (κ2) is 10.4. The minimum absolute atomic E-state index is 0.0942. The molecule has 1 heterocycles. The molecule has 2 N–H and O–H groups in total. The van der Waals surface area contributed by atoms with Gasteiger partial charge in [0.25, 0.3) is 0 Å². The van der Waals surface area contributed by atoms with Crippen LogP contribution in [-0.2, 0) is 16.1 Å². The lowest BCUT2D eigenvalue weighted by molar-refractivity contribution is -0.134. The van der Waals surface area contributed by atoms with Gasteiger partial charge in [0, 0.05) is 23.6 Å². The van der Waals surface area contributed by atoms with Gasteiger partial charge in [-0.1, -0.05) is 36.4 Å². The number of halogens is 1. The summed E-state index contributed by atoms with van der Waals surface area (Å²) in [5.74, 6) is -0.935. The molecule has 178 valence electrons. The van der Waals surface area contributed by atoms with Crippen molar-refractivity contribution in [3.8, 4) is 5.88 Å². The number of ether oxygens (including phenoxy) is 1. The number of carbonyl (C=O) groups excluding carboxylic acids is 1. The molecule has 0 spiro atoms. The van der Waals surface area contributed by atoms with Gasteiger partial charge in [-0.3, -0.25) is 0 Å². The van der Waals surface area contributed by atoms with Crippen molar-refractivity contribution in [2.45, 2.75) is 6.54 Å². The number of hydrogen-bond acceptors (Lipinski definition) is 5. The van der Waals surface area contributed by atoms with Crippen LogP contribution in [0, 0.1) is 5.82 Å². The van der Waals surface area contributed by atoms with Gasteiger partial charge in [-0.05, 0) is 61.6 Å². The Balaban J connectivity index is 1.81. The molecule has 0 aliphatic carbocycles. The van der Waals surface area contributed by atoms with E-state index in [1.54, 1.807) is 12.1 Å². The van der Waals surface area contributed by atoms with E-state index < -0.39 is 11.8 Å². The van der Waals surface area contributed by atoms with Crippen LogP contribution in [0.25, 0.3) is 17.0 Å². The van der Waals surface area contributed by atoms with E-state index in [0.29, 0.717) is 27.9 Å². The second-order valence-corrected chi connectivity index (χ2v) is 8.38. The standard InChI is InChI=1S/C28H26FN3O3/c1-32(2)17-19-6-12-22(13-7-19)30-27(20-9-4-18(5-10-20)8-15-25(33)35-3)26-23-14-11-21(29)16-24(23)31-28(26)34/h4-16,31,34H,17H2,1-3H3. The van der Waals surface area contributed by atoms with Crippen molar-refractivity contribution in [2.75, 3.05) is 21.2 Å². The summed E-state index contributed by atoms with van der Waals surface area (Å²) in [6.07, 6.45) is 3.00. The van der Waals surface area contributed by atoms with Gasteiger partial charge in [0.15, 0.2) is 5.88 Å². The van der Waals surface area contributed by atoms with Gasteiger partial charge in [-0.25, -0.2) is 14.2 Å². The molecular weight excluding hydrogens is 445 g/mol. The van der Waals surface area contributed by atoms with Crippen LogP contribution in [0.5, 0.6) is 5.88 Å². The van der Waals surface area contributed by atoms with Crippen LogP contribution >= 0.6 is 0 Å². The van der Waals surface area contributed by atoms with Crippen molar-refractivity contribution >= 4 is 34.3 Å². The summed E-state index contributed by atoms with van der Waals surface area (Å²) < 4.78 is 18.4. The minimum atomic E-state index is -0.440. The van der Waals surface area contributed by atoms with Crippen molar-refractivity contribution in [2.24, 2.45) is 4.99 Å². The van der Waals surface area contributed by atoms with Crippen LogP contribution in [0.3, 0.4) is 0 Å². The molecule has 7 heteroatoms. The van der Waals surface area contributed by atoms with Gasteiger partial charge in [0.05, 0.1) is 29.6 Å². The summed E-state index contributed by atoms with van der Waals surface area (Å²) >= 11 is 0. The highest BCUT2D eigenvalue weighted by atomic mass is 19.1. The Morgan fingerprint density at radius 3 is 2.46 bits per heavy atom. The van der Waals surface area contributed by atoms with Gasteiger partial charge < -0.3 is 19.7 Å². The number of fused-ring (bicyclic) bond motifs is 1. The molecule has 3 aromatic carbocycles. The van der Waals surface area contributed by atoms with E-state index in [9.17, 15) is 14.3 Å². The molecule has 1 aromatic heterocycles. The molecule has 0 atom stereocenters. The normalized spacial score (nSPS) is 12.1. The van der Waals surface area contributed by atoms with Gasteiger partial charge >= 0.3 is 5.97 Å². The highest BCUT2D eigenvalue weighted by Crippen LogP contribution is 2.32. The number of hydrogen-bond donors (Lipinski definition) is 2. The van der Waals surface area contributed by atoms with E-state index in [-0.39, 0.29) is 5.88 Å². The van der Waals surface area contributed by atoms with E-state index in [1.807, 2.05) is 62.6 Å². The summed E-state index contributed by atoms with van der Waals surface area (Å²) in [5.41, 5.74) is 4.91. The lowest BCUT2D eigenvalue weighted by atomic mass is 9.99. The van der Waals surface area contributed by atoms with Gasteiger partial charge in [0.2, 0.25) is 0 Å². The largest absolute Gasteiger partial charge is 0.494 e. The lowest BCUT2D eigenvalue weighted by Gasteiger charge is -2.11. The zero-order valence-electron chi connectivity index (χ0n) is 19.7. The van der Waals surface area contributed by atoms with Crippen LogP contribution < -0.4 is 0 Å². The molecular formula is C28H26FN3O3. The number of aromatic nitrogens is 1. The third-order valence-corrected chi connectivity index (χ3v) is 5.45. The van der Waals surface area contributed by atoms with Crippen LogP contribution in [0.2, 0.25) is 0 Å². The molecule has 0 unspecified atom stereocenters. The summed E-state index contributed by atoms with van der Waals surface area (Å²) in [6.45, 7) is 0.812. The molecule has 35 heavy (non-hydrogen) atoms. The molecule has 4 aromatic rings. The van der Waals surface area contributed by atoms with E-state index in [0.717, 1.165) is 23.2 Å². The Morgan fingerprint density at radius 2 is 1.80 bits per heavy atom. The van der Waals surface area contributed by atoms with Crippen molar-refractivity contribution in [3.05, 3.63) is 101 Å². The van der Waals surface area contributed by atoms with Crippen LogP contribution in [0.1, 0.15) is 22.3 Å². The Bertz CT molecular complexity index is 1400. The Labute approximate surface area is 203 Å². The van der Waals surface area contributed by atoms with E-state index in [2.05, 4.69) is 14.6 Å². The first-order valence-electron chi connectivity index (χ1n) is 11.0. The zero-order chi connectivity index (χ0) is 24.9. The molecule has 0 bridgehead atoms. The van der Waals surface area contributed by atoms with Crippen LogP contribution in [0.4, 0.5) is 10.1 Å². The fraction of sp³-hybridized carbons (Fsp3) is 0.143. The predicted molar refractivity (Wildman–Crippen MR) is 137 cm³/mol. The average Bonchev–Trinajstić information content (AvgIpc) is 3.16. The first-order chi connectivity index (χ1) is 16.8. The van der Waals surface area contributed by atoms with Gasteiger partial charge in [0.1, 0.15) is 5.82 Å². The number of nitrogens with zero attached hydrogens (tertiary/aromatic N) is 2. The number of esters is 1. The monoisotopic (exact) mass is 471 g/mol. The molecule has 0 fully saturated rings. The maximum atomic E-state index is 13.8. The summed E-state index contributed by atoms with van der Waals surface area (Å²) in [6, 6.07) is 19.6. The molecule has 0 saturated carbocycles. The highest BCUT2D eigenvalue weighted by Gasteiger charge is 2.19. The van der Waals surface area contributed by atoms with E-state index in [1.165, 1.54) is 25.3 Å².